The first-order valence-corrected chi connectivity index (χ1v) is 5.68. The second kappa shape index (κ2) is 5.14. The molecule has 0 saturated carbocycles. The second-order valence-corrected chi connectivity index (χ2v) is 4.11. The number of carbonyl (C=O) groups excluding carboxylic acids is 1. The fourth-order valence-corrected chi connectivity index (χ4v) is 1.77. The average Bonchev–Trinajstić information content (AvgIpc) is 2.76. The molecule has 4 nitrogen and oxygen atoms in total. The number of hydrogen-bond donors (Lipinski definition) is 1. The second-order valence-electron chi connectivity index (χ2n) is 3.77. The lowest BCUT2D eigenvalue weighted by Crippen LogP contribution is -2.12. The zero-order valence-corrected chi connectivity index (χ0v) is 10.7. The maximum atomic E-state index is 12.0. The minimum absolute atomic E-state index is 0.0686. The van der Waals surface area contributed by atoms with Gasteiger partial charge in [0.25, 0.3) is 5.91 Å². The molecule has 0 spiro atoms. The van der Waals surface area contributed by atoms with Gasteiger partial charge >= 0.3 is 0 Å². The van der Waals surface area contributed by atoms with Gasteiger partial charge in [-0.1, -0.05) is 6.07 Å². The van der Waals surface area contributed by atoms with Gasteiger partial charge in [0, 0.05) is 0 Å². The lowest BCUT2D eigenvalue weighted by atomic mass is 10.2. The molecule has 0 unspecified atom stereocenters. The Morgan fingerprint density at radius 3 is 2.78 bits per heavy atom. The van der Waals surface area contributed by atoms with E-state index in [1.54, 1.807) is 13.2 Å². The molecule has 0 fully saturated rings. The SMILES string of the molecule is COc1ccc(C)cc1NC(=O)c1ccoc1Cl. The number of ether oxygens (including phenoxy) is 1. The summed E-state index contributed by atoms with van der Waals surface area (Å²) in [6.45, 7) is 1.93. The van der Waals surface area contributed by atoms with Gasteiger partial charge in [0.1, 0.15) is 5.75 Å². The number of amides is 1. The highest BCUT2D eigenvalue weighted by Crippen LogP contribution is 2.26. The van der Waals surface area contributed by atoms with Crippen LogP contribution in [0.15, 0.2) is 34.9 Å². The third kappa shape index (κ3) is 2.49. The summed E-state index contributed by atoms with van der Waals surface area (Å²) in [5, 5.41) is 2.81. The molecule has 0 aliphatic carbocycles. The number of furan rings is 1. The van der Waals surface area contributed by atoms with Crippen LogP contribution in [-0.2, 0) is 0 Å². The summed E-state index contributed by atoms with van der Waals surface area (Å²) in [7, 11) is 1.55. The first-order valence-electron chi connectivity index (χ1n) is 5.31. The van der Waals surface area contributed by atoms with Gasteiger partial charge in [0.15, 0.2) is 0 Å². The molecular weight excluding hydrogens is 254 g/mol. The van der Waals surface area contributed by atoms with E-state index in [1.165, 1.54) is 12.3 Å². The van der Waals surface area contributed by atoms with Crippen molar-refractivity contribution in [1.82, 2.24) is 0 Å². The molecule has 1 aromatic carbocycles. The number of anilines is 1. The molecule has 1 aromatic heterocycles. The monoisotopic (exact) mass is 265 g/mol. The quantitative estimate of drug-likeness (QED) is 0.924. The lowest BCUT2D eigenvalue weighted by Gasteiger charge is -2.10. The Morgan fingerprint density at radius 1 is 1.39 bits per heavy atom. The Bertz CT molecular complexity index is 577. The van der Waals surface area contributed by atoms with Gasteiger partial charge in [-0.05, 0) is 42.3 Å². The Balaban J connectivity index is 2.27. The van der Waals surface area contributed by atoms with Crippen molar-refractivity contribution in [3.63, 3.8) is 0 Å². The summed E-state index contributed by atoms with van der Waals surface area (Å²) in [5.74, 6) is 0.256. The standard InChI is InChI=1S/C13H12ClNO3/c1-8-3-4-11(17-2)10(7-8)15-13(16)9-5-6-18-12(9)14/h3-7H,1-2H3,(H,15,16). The molecule has 0 radical (unpaired) electrons. The normalized spacial score (nSPS) is 10.2. The van der Waals surface area contributed by atoms with Crippen LogP contribution < -0.4 is 10.1 Å². The highest BCUT2D eigenvalue weighted by molar-refractivity contribution is 6.32. The first-order chi connectivity index (χ1) is 8.61. The van der Waals surface area contributed by atoms with Crippen LogP contribution in [0, 0.1) is 6.92 Å². The van der Waals surface area contributed by atoms with Crippen LogP contribution in [-0.4, -0.2) is 13.0 Å². The van der Waals surface area contributed by atoms with Crippen LogP contribution in [0.3, 0.4) is 0 Å². The zero-order valence-electron chi connectivity index (χ0n) is 9.99. The van der Waals surface area contributed by atoms with Crippen molar-refractivity contribution in [3.8, 4) is 5.75 Å². The number of hydrogen-bond acceptors (Lipinski definition) is 3. The van der Waals surface area contributed by atoms with Gasteiger partial charge in [-0.3, -0.25) is 4.79 Å². The predicted molar refractivity (Wildman–Crippen MR) is 69.4 cm³/mol. The zero-order chi connectivity index (χ0) is 13.1. The van der Waals surface area contributed by atoms with E-state index >= 15 is 0 Å². The highest BCUT2D eigenvalue weighted by Gasteiger charge is 2.15. The summed E-state index contributed by atoms with van der Waals surface area (Å²) in [6, 6.07) is 7.03. The number of nitrogens with one attached hydrogen (secondary N) is 1. The van der Waals surface area contributed by atoms with Crippen LogP contribution in [0.25, 0.3) is 0 Å². The summed E-state index contributed by atoms with van der Waals surface area (Å²) < 4.78 is 10.1. The topological polar surface area (TPSA) is 51.5 Å². The first kappa shape index (κ1) is 12.5. The molecule has 94 valence electrons. The van der Waals surface area contributed by atoms with Crippen LogP contribution in [0.5, 0.6) is 5.75 Å². The van der Waals surface area contributed by atoms with E-state index in [0.717, 1.165) is 5.56 Å². The number of rotatable bonds is 3. The van der Waals surface area contributed by atoms with E-state index in [9.17, 15) is 4.79 Å². The van der Waals surface area contributed by atoms with Gasteiger partial charge in [0.2, 0.25) is 5.22 Å². The molecule has 5 heteroatoms. The number of carbonyl (C=O) groups is 1. The van der Waals surface area contributed by atoms with Crippen LogP contribution in [0.2, 0.25) is 5.22 Å². The predicted octanol–water partition coefficient (Wildman–Crippen LogP) is 3.50. The van der Waals surface area contributed by atoms with Crippen LogP contribution >= 0.6 is 11.6 Å². The average molecular weight is 266 g/mol. The van der Waals surface area contributed by atoms with E-state index < -0.39 is 0 Å². The van der Waals surface area contributed by atoms with Crippen molar-refractivity contribution in [3.05, 3.63) is 46.9 Å². The minimum atomic E-state index is -0.336. The Labute approximate surface area is 110 Å². The van der Waals surface area contributed by atoms with E-state index in [1.807, 2.05) is 19.1 Å². The largest absolute Gasteiger partial charge is 0.495 e. The summed E-state index contributed by atoms with van der Waals surface area (Å²) in [6.07, 6.45) is 1.37. The summed E-state index contributed by atoms with van der Waals surface area (Å²) in [5.41, 5.74) is 1.91. The Hall–Kier alpha value is -1.94. The maximum Gasteiger partial charge on any atom is 0.260 e. The van der Waals surface area contributed by atoms with E-state index in [4.69, 9.17) is 20.8 Å². The van der Waals surface area contributed by atoms with Crippen LogP contribution in [0.1, 0.15) is 15.9 Å². The van der Waals surface area contributed by atoms with Crippen molar-refractivity contribution in [2.45, 2.75) is 6.92 Å². The molecule has 0 bridgehead atoms. The van der Waals surface area contributed by atoms with Gasteiger partial charge in [0.05, 0.1) is 24.6 Å². The van der Waals surface area contributed by atoms with Gasteiger partial charge in [-0.2, -0.15) is 0 Å². The molecule has 2 rings (SSSR count). The summed E-state index contributed by atoms with van der Waals surface area (Å²) >= 11 is 5.75. The van der Waals surface area contributed by atoms with Crippen molar-refractivity contribution in [2.24, 2.45) is 0 Å². The Morgan fingerprint density at radius 2 is 2.17 bits per heavy atom. The molecule has 0 aliphatic heterocycles. The molecule has 0 atom stereocenters. The number of methoxy groups -OCH3 is 1. The molecule has 1 N–H and O–H groups in total. The maximum absolute atomic E-state index is 12.0. The van der Waals surface area contributed by atoms with Crippen molar-refractivity contribution < 1.29 is 13.9 Å². The molecule has 0 aliphatic rings. The number of aryl methyl sites for hydroxylation is 1. The third-order valence-electron chi connectivity index (χ3n) is 2.47. The fourth-order valence-electron chi connectivity index (χ4n) is 1.56. The third-order valence-corrected chi connectivity index (χ3v) is 2.76. The van der Waals surface area contributed by atoms with Gasteiger partial charge in [-0.25, -0.2) is 0 Å². The molecular formula is C13H12ClNO3. The molecule has 0 saturated heterocycles. The van der Waals surface area contributed by atoms with Gasteiger partial charge in [-0.15, -0.1) is 0 Å². The van der Waals surface area contributed by atoms with E-state index in [0.29, 0.717) is 17.0 Å². The van der Waals surface area contributed by atoms with Crippen molar-refractivity contribution >= 4 is 23.2 Å². The molecule has 1 heterocycles. The highest BCUT2D eigenvalue weighted by atomic mass is 35.5. The smallest absolute Gasteiger partial charge is 0.260 e. The number of halogens is 1. The fraction of sp³-hybridized carbons (Fsp3) is 0.154. The molecule has 2 aromatic rings. The minimum Gasteiger partial charge on any atom is -0.495 e. The van der Waals surface area contributed by atoms with E-state index in [-0.39, 0.29) is 11.1 Å². The Kier molecular flexibility index (Phi) is 3.58. The van der Waals surface area contributed by atoms with E-state index in [2.05, 4.69) is 5.32 Å². The summed E-state index contributed by atoms with van der Waals surface area (Å²) in [4.78, 5) is 12.0. The van der Waals surface area contributed by atoms with Crippen molar-refractivity contribution in [1.29, 1.82) is 0 Å². The lowest BCUT2D eigenvalue weighted by molar-refractivity contribution is 0.102. The molecule has 18 heavy (non-hydrogen) atoms. The van der Waals surface area contributed by atoms with Crippen molar-refractivity contribution in [2.75, 3.05) is 12.4 Å². The van der Waals surface area contributed by atoms with Crippen LogP contribution in [0.4, 0.5) is 5.69 Å². The molecule has 1 amide bonds. The van der Waals surface area contributed by atoms with Gasteiger partial charge < -0.3 is 14.5 Å². The number of benzene rings is 1.